The molecule has 1 aliphatic rings. The number of halogens is 1. The van der Waals surface area contributed by atoms with Crippen LogP contribution in [-0.2, 0) is 4.79 Å². The van der Waals surface area contributed by atoms with Gasteiger partial charge in [0.2, 0.25) is 5.91 Å². The summed E-state index contributed by atoms with van der Waals surface area (Å²) in [6.45, 7) is 5.40. The van der Waals surface area contributed by atoms with Crippen molar-refractivity contribution in [3.63, 3.8) is 0 Å². The van der Waals surface area contributed by atoms with E-state index in [1.165, 1.54) is 0 Å². The molecular weight excluding hydrogens is 338 g/mol. The highest BCUT2D eigenvalue weighted by atomic mass is 35.5. The van der Waals surface area contributed by atoms with E-state index in [0.717, 1.165) is 43.1 Å². The number of aromatic hydroxyl groups is 1. The molecule has 0 saturated carbocycles. The van der Waals surface area contributed by atoms with Crippen LogP contribution in [0.3, 0.4) is 0 Å². The van der Waals surface area contributed by atoms with Crippen molar-refractivity contribution in [3.8, 4) is 5.75 Å². The molecule has 0 aromatic heterocycles. The molecule has 3 rings (SSSR count). The topological polar surface area (TPSA) is 55.8 Å². The SMILES string of the molecule is Cc1cc(Cl)ccc1NC(=O)CN1CCN(c2ccccc2O)CC1. The number of carbonyl (C=O) groups is 1. The zero-order valence-corrected chi connectivity index (χ0v) is 15.0. The number of anilines is 2. The molecule has 0 atom stereocenters. The van der Waals surface area contributed by atoms with Gasteiger partial charge in [-0.1, -0.05) is 23.7 Å². The van der Waals surface area contributed by atoms with Crippen molar-refractivity contribution in [2.75, 3.05) is 42.9 Å². The van der Waals surface area contributed by atoms with Gasteiger partial charge in [0, 0.05) is 36.9 Å². The van der Waals surface area contributed by atoms with Gasteiger partial charge in [0.1, 0.15) is 5.75 Å². The van der Waals surface area contributed by atoms with E-state index in [9.17, 15) is 9.90 Å². The zero-order chi connectivity index (χ0) is 17.8. The predicted octanol–water partition coefficient (Wildman–Crippen LogP) is 3.11. The molecular formula is C19H22ClN3O2. The second-order valence-electron chi connectivity index (χ2n) is 6.26. The summed E-state index contributed by atoms with van der Waals surface area (Å²) in [6.07, 6.45) is 0. The lowest BCUT2D eigenvalue weighted by molar-refractivity contribution is -0.117. The molecule has 1 fully saturated rings. The molecule has 2 N–H and O–H groups in total. The largest absolute Gasteiger partial charge is 0.506 e. The number of hydrogen-bond acceptors (Lipinski definition) is 4. The zero-order valence-electron chi connectivity index (χ0n) is 14.2. The van der Waals surface area contributed by atoms with Gasteiger partial charge in [-0.3, -0.25) is 9.69 Å². The van der Waals surface area contributed by atoms with Crippen molar-refractivity contribution in [3.05, 3.63) is 53.1 Å². The molecule has 2 aromatic rings. The van der Waals surface area contributed by atoms with Crippen LogP contribution in [0.4, 0.5) is 11.4 Å². The quantitative estimate of drug-likeness (QED) is 0.880. The third kappa shape index (κ3) is 4.44. The van der Waals surface area contributed by atoms with Crippen LogP contribution in [0, 0.1) is 6.92 Å². The lowest BCUT2D eigenvalue weighted by atomic mass is 10.2. The summed E-state index contributed by atoms with van der Waals surface area (Å²) in [5.41, 5.74) is 2.59. The molecule has 1 amide bonds. The maximum Gasteiger partial charge on any atom is 0.238 e. The predicted molar refractivity (Wildman–Crippen MR) is 102 cm³/mol. The number of aryl methyl sites for hydroxylation is 1. The van der Waals surface area contributed by atoms with E-state index in [1.54, 1.807) is 12.1 Å². The summed E-state index contributed by atoms with van der Waals surface area (Å²) in [5, 5.41) is 13.6. The number of benzene rings is 2. The molecule has 0 aliphatic carbocycles. The third-order valence-corrected chi connectivity index (χ3v) is 4.66. The highest BCUT2D eigenvalue weighted by molar-refractivity contribution is 6.30. The standard InChI is InChI=1S/C19H22ClN3O2/c1-14-12-15(20)6-7-16(14)21-19(25)13-22-8-10-23(11-9-22)17-4-2-3-5-18(17)24/h2-7,12,24H,8-11,13H2,1H3,(H,21,25). The van der Waals surface area contributed by atoms with Gasteiger partial charge in [0.25, 0.3) is 0 Å². The van der Waals surface area contributed by atoms with Gasteiger partial charge < -0.3 is 15.3 Å². The first-order valence-electron chi connectivity index (χ1n) is 8.34. The Morgan fingerprint density at radius 3 is 2.56 bits per heavy atom. The van der Waals surface area contributed by atoms with Crippen molar-refractivity contribution >= 4 is 28.9 Å². The fourth-order valence-electron chi connectivity index (χ4n) is 3.04. The van der Waals surface area contributed by atoms with Crippen molar-refractivity contribution in [1.82, 2.24) is 4.90 Å². The Balaban J connectivity index is 1.52. The number of para-hydroxylation sites is 2. The number of nitrogens with one attached hydrogen (secondary N) is 1. The molecule has 1 aliphatic heterocycles. The lowest BCUT2D eigenvalue weighted by Gasteiger charge is -2.35. The highest BCUT2D eigenvalue weighted by Crippen LogP contribution is 2.27. The molecule has 0 bridgehead atoms. The number of piperazine rings is 1. The Kier molecular flexibility index (Phi) is 5.46. The number of hydrogen-bond donors (Lipinski definition) is 2. The molecule has 25 heavy (non-hydrogen) atoms. The van der Waals surface area contributed by atoms with Crippen LogP contribution >= 0.6 is 11.6 Å². The fraction of sp³-hybridized carbons (Fsp3) is 0.316. The number of phenols is 1. The Bertz CT molecular complexity index is 758. The molecule has 5 nitrogen and oxygen atoms in total. The van der Waals surface area contributed by atoms with Crippen molar-refractivity contribution in [2.45, 2.75) is 6.92 Å². The van der Waals surface area contributed by atoms with Gasteiger partial charge in [0.15, 0.2) is 0 Å². The van der Waals surface area contributed by atoms with Crippen molar-refractivity contribution in [1.29, 1.82) is 0 Å². The molecule has 0 spiro atoms. The lowest BCUT2D eigenvalue weighted by Crippen LogP contribution is -2.48. The maximum atomic E-state index is 12.3. The van der Waals surface area contributed by atoms with Crippen LogP contribution in [0.2, 0.25) is 5.02 Å². The van der Waals surface area contributed by atoms with Gasteiger partial charge in [-0.15, -0.1) is 0 Å². The second kappa shape index (κ2) is 7.76. The second-order valence-corrected chi connectivity index (χ2v) is 6.70. The summed E-state index contributed by atoms with van der Waals surface area (Å²) < 4.78 is 0. The fourth-order valence-corrected chi connectivity index (χ4v) is 3.27. The first kappa shape index (κ1) is 17.6. The third-order valence-electron chi connectivity index (χ3n) is 4.42. The summed E-state index contributed by atoms with van der Waals surface area (Å²) in [4.78, 5) is 16.6. The van der Waals surface area contributed by atoms with Gasteiger partial charge in [-0.25, -0.2) is 0 Å². The van der Waals surface area contributed by atoms with Crippen LogP contribution in [0.1, 0.15) is 5.56 Å². The summed E-state index contributed by atoms with van der Waals surface area (Å²) in [5.74, 6) is 0.272. The van der Waals surface area contributed by atoms with E-state index in [-0.39, 0.29) is 5.91 Å². The van der Waals surface area contributed by atoms with Crippen LogP contribution in [0.5, 0.6) is 5.75 Å². The van der Waals surface area contributed by atoms with Gasteiger partial charge >= 0.3 is 0 Å². The van der Waals surface area contributed by atoms with Crippen LogP contribution < -0.4 is 10.2 Å². The first-order valence-corrected chi connectivity index (χ1v) is 8.72. The minimum Gasteiger partial charge on any atom is -0.506 e. The Labute approximate surface area is 152 Å². The Morgan fingerprint density at radius 2 is 1.88 bits per heavy atom. The summed E-state index contributed by atoms with van der Waals surface area (Å²) >= 11 is 5.94. The minimum atomic E-state index is -0.0265. The number of nitrogens with zero attached hydrogens (tertiary/aromatic N) is 2. The summed E-state index contributed by atoms with van der Waals surface area (Å²) in [6, 6.07) is 12.8. The van der Waals surface area contributed by atoms with E-state index in [2.05, 4.69) is 15.1 Å². The van der Waals surface area contributed by atoms with E-state index < -0.39 is 0 Å². The summed E-state index contributed by atoms with van der Waals surface area (Å²) in [7, 11) is 0. The Morgan fingerprint density at radius 1 is 1.16 bits per heavy atom. The molecule has 1 heterocycles. The van der Waals surface area contributed by atoms with Gasteiger partial charge in [-0.05, 0) is 42.8 Å². The molecule has 2 aromatic carbocycles. The minimum absolute atomic E-state index is 0.0265. The van der Waals surface area contributed by atoms with E-state index in [0.29, 0.717) is 17.3 Å². The highest BCUT2D eigenvalue weighted by Gasteiger charge is 2.20. The van der Waals surface area contributed by atoms with Gasteiger partial charge in [0.05, 0.1) is 12.2 Å². The van der Waals surface area contributed by atoms with Crippen LogP contribution in [-0.4, -0.2) is 48.6 Å². The van der Waals surface area contributed by atoms with E-state index in [1.807, 2.05) is 37.3 Å². The van der Waals surface area contributed by atoms with E-state index in [4.69, 9.17) is 11.6 Å². The smallest absolute Gasteiger partial charge is 0.238 e. The molecule has 6 heteroatoms. The normalized spacial score (nSPS) is 15.2. The average molecular weight is 360 g/mol. The molecule has 0 radical (unpaired) electrons. The van der Waals surface area contributed by atoms with Gasteiger partial charge in [-0.2, -0.15) is 0 Å². The molecule has 1 saturated heterocycles. The monoisotopic (exact) mass is 359 g/mol. The van der Waals surface area contributed by atoms with E-state index >= 15 is 0 Å². The number of rotatable bonds is 4. The van der Waals surface area contributed by atoms with Crippen LogP contribution in [0.25, 0.3) is 0 Å². The van der Waals surface area contributed by atoms with Crippen molar-refractivity contribution < 1.29 is 9.90 Å². The van der Waals surface area contributed by atoms with Crippen molar-refractivity contribution in [2.24, 2.45) is 0 Å². The number of phenolic OH excluding ortho intramolecular Hbond substituents is 1. The first-order chi connectivity index (χ1) is 12.0. The average Bonchev–Trinajstić information content (AvgIpc) is 2.59. The maximum absolute atomic E-state index is 12.3. The Hall–Kier alpha value is -2.24. The number of amides is 1. The number of carbonyl (C=O) groups excluding carboxylic acids is 1. The molecule has 132 valence electrons. The molecule has 0 unspecified atom stereocenters. The van der Waals surface area contributed by atoms with Crippen LogP contribution in [0.15, 0.2) is 42.5 Å².